The van der Waals surface area contributed by atoms with Gasteiger partial charge in [-0.15, -0.1) is 0 Å². The molecule has 0 spiro atoms. The molecule has 0 aromatic heterocycles. The van der Waals surface area contributed by atoms with Crippen molar-refractivity contribution in [1.29, 1.82) is 0 Å². The van der Waals surface area contributed by atoms with E-state index in [0.717, 1.165) is 82.5 Å². The van der Waals surface area contributed by atoms with Gasteiger partial charge in [-0.25, -0.2) is 0 Å². The smallest absolute Gasteiger partial charge is 0.160 e. The van der Waals surface area contributed by atoms with Gasteiger partial charge in [-0.1, -0.05) is 37.1 Å². The predicted molar refractivity (Wildman–Crippen MR) is 197 cm³/mol. The second-order valence-corrected chi connectivity index (χ2v) is 15.0. The summed E-state index contributed by atoms with van der Waals surface area (Å²) in [6.45, 7) is 1.06. The van der Waals surface area contributed by atoms with E-state index in [0.29, 0.717) is 37.8 Å². The van der Waals surface area contributed by atoms with E-state index in [2.05, 4.69) is 34.6 Å². The van der Waals surface area contributed by atoms with Crippen LogP contribution in [0, 0.1) is 0 Å². The number of methoxy groups -OCH3 is 1. The molecule has 9 rings (SSSR count). The first-order valence-corrected chi connectivity index (χ1v) is 18.8. The molecule has 0 saturated heterocycles. The minimum Gasteiger partial charge on any atom is -0.508 e. The van der Waals surface area contributed by atoms with Gasteiger partial charge in [0.15, 0.2) is 17.6 Å². The molecule has 4 N–H and O–H groups in total. The summed E-state index contributed by atoms with van der Waals surface area (Å²) in [6, 6.07) is 18.1. The second-order valence-electron chi connectivity index (χ2n) is 15.0. The van der Waals surface area contributed by atoms with E-state index >= 15 is 0 Å². The third-order valence-corrected chi connectivity index (χ3v) is 11.8. The largest absolute Gasteiger partial charge is 0.508 e. The third-order valence-electron chi connectivity index (χ3n) is 11.8. The van der Waals surface area contributed by atoms with Gasteiger partial charge in [-0.3, -0.25) is 10.3 Å². The topological polar surface area (TPSA) is 122 Å². The summed E-state index contributed by atoms with van der Waals surface area (Å²) in [5.74, 6) is 2.39. The zero-order valence-corrected chi connectivity index (χ0v) is 29.6. The number of aromatic hydroxyl groups is 2. The Kier molecular flexibility index (Phi) is 8.81. The highest BCUT2D eigenvalue weighted by atomic mass is 16.6. The van der Waals surface area contributed by atoms with Crippen molar-refractivity contribution in [2.24, 2.45) is 4.99 Å². The Morgan fingerprint density at radius 3 is 2.63 bits per heavy atom. The van der Waals surface area contributed by atoms with Gasteiger partial charge in [-0.05, 0) is 114 Å². The molecule has 4 unspecified atom stereocenters. The average Bonchev–Trinajstić information content (AvgIpc) is 3.87. The van der Waals surface area contributed by atoms with E-state index < -0.39 is 6.10 Å². The van der Waals surface area contributed by atoms with Gasteiger partial charge >= 0.3 is 0 Å². The Labute approximate surface area is 303 Å². The fourth-order valence-electron chi connectivity index (χ4n) is 9.18. The Hall–Kier alpha value is -4.57. The number of hydrogen-bond acceptors (Lipinski definition) is 9. The van der Waals surface area contributed by atoms with Crippen LogP contribution in [0.1, 0.15) is 77.5 Å². The van der Waals surface area contributed by atoms with Crippen molar-refractivity contribution < 1.29 is 34.3 Å². The van der Waals surface area contributed by atoms with Gasteiger partial charge in [-0.2, -0.15) is 0 Å². The molecule has 270 valence electrons. The van der Waals surface area contributed by atoms with Crippen LogP contribution >= 0.6 is 0 Å². The van der Waals surface area contributed by atoms with Crippen molar-refractivity contribution in [3.8, 4) is 39.9 Å². The highest BCUT2D eigenvalue weighted by Crippen LogP contribution is 2.56. The summed E-state index contributed by atoms with van der Waals surface area (Å²) in [7, 11) is 1.55. The normalized spacial score (nSPS) is 22.8. The summed E-state index contributed by atoms with van der Waals surface area (Å²) in [4.78, 5) is 4.59. The monoisotopic (exact) mass is 702 g/mol. The molecule has 9 nitrogen and oxygen atoms in total. The molecular formula is C43H46N2O7. The Balaban J connectivity index is 1.17. The predicted octanol–water partition coefficient (Wildman–Crippen LogP) is 5.31. The van der Waals surface area contributed by atoms with Crippen LogP contribution < -0.4 is 30.1 Å². The summed E-state index contributed by atoms with van der Waals surface area (Å²) in [5.41, 5.74) is 8.60. The molecule has 9 heteroatoms. The lowest BCUT2D eigenvalue weighted by molar-refractivity contribution is -0.0476. The van der Waals surface area contributed by atoms with E-state index in [1.807, 2.05) is 24.3 Å². The highest BCUT2D eigenvalue weighted by Gasteiger charge is 2.42. The van der Waals surface area contributed by atoms with E-state index in [1.165, 1.54) is 29.2 Å². The Morgan fingerprint density at radius 1 is 0.904 bits per heavy atom. The van der Waals surface area contributed by atoms with Crippen LogP contribution in [0.5, 0.6) is 28.7 Å². The van der Waals surface area contributed by atoms with Crippen molar-refractivity contribution in [3.05, 3.63) is 98.6 Å². The molecule has 5 aliphatic rings. The number of phenols is 2. The summed E-state index contributed by atoms with van der Waals surface area (Å²) in [6.07, 6.45) is 9.41. The molecule has 4 aromatic carbocycles. The molecule has 0 radical (unpaired) electrons. The Morgan fingerprint density at radius 2 is 1.79 bits per heavy atom. The average molecular weight is 703 g/mol. The zero-order valence-electron chi connectivity index (χ0n) is 29.6. The van der Waals surface area contributed by atoms with Crippen LogP contribution in [-0.2, 0) is 30.4 Å². The number of rotatable bonds is 9. The van der Waals surface area contributed by atoms with Gasteiger partial charge in [0, 0.05) is 29.2 Å². The first-order chi connectivity index (χ1) is 25.5. The lowest BCUT2D eigenvalue weighted by Crippen LogP contribution is -2.39. The molecule has 3 aliphatic heterocycles. The molecule has 1 saturated carbocycles. The summed E-state index contributed by atoms with van der Waals surface area (Å²) >= 11 is 0. The molecular weight excluding hydrogens is 656 g/mol. The fourth-order valence-corrected chi connectivity index (χ4v) is 9.18. The van der Waals surface area contributed by atoms with Crippen molar-refractivity contribution in [1.82, 2.24) is 5.32 Å². The molecule has 4 aromatic rings. The second kappa shape index (κ2) is 13.8. The van der Waals surface area contributed by atoms with Gasteiger partial charge in [0.05, 0.1) is 32.3 Å². The van der Waals surface area contributed by atoms with E-state index in [4.69, 9.17) is 18.9 Å². The summed E-state index contributed by atoms with van der Waals surface area (Å²) < 4.78 is 26.1. The van der Waals surface area contributed by atoms with Crippen LogP contribution in [0.2, 0.25) is 0 Å². The number of ether oxygens (including phenoxy) is 4. The molecule has 1 fully saturated rings. The quantitative estimate of drug-likeness (QED) is 0.173. The van der Waals surface area contributed by atoms with Crippen molar-refractivity contribution >= 4 is 6.08 Å². The zero-order chi connectivity index (χ0) is 35.3. The van der Waals surface area contributed by atoms with Gasteiger partial charge in [0.2, 0.25) is 0 Å². The maximum absolute atomic E-state index is 10.8. The number of nitrogens with one attached hydrogen (secondary N) is 1. The van der Waals surface area contributed by atoms with Gasteiger partial charge in [0.25, 0.3) is 0 Å². The fraction of sp³-hybridized carbons (Fsp3) is 0.419. The molecule has 0 bridgehead atoms. The van der Waals surface area contributed by atoms with Crippen LogP contribution in [0.3, 0.4) is 0 Å². The minimum absolute atomic E-state index is 0.0708. The van der Waals surface area contributed by atoms with Crippen molar-refractivity contribution in [3.63, 3.8) is 0 Å². The standard InChI is InChI=1S/C43H46N2O7/c1-49-38-19-26(7-13-37(38)48)41-39(50-23-45-28-4-2-3-5-28)21-35-34-18-27(17-24-6-12-36-25(16-24)14-15-44-36)33-20-29(47)8-10-31(33)40(34)43-32(42(35)52-41)11-9-30(22-46)51-43/h6-8,10,12-14,16,19-20,27-28,30,39,41,45-48H,2-5,9,11,15,17-18,21-23H2,1H3. The number of hydrogen-bond donors (Lipinski definition) is 4. The van der Waals surface area contributed by atoms with E-state index in [1.54, 1.807) is 19.2 Å². The lowest BCUT2D eigenvalue weighted by atomic mass is 9.72. The number of benzene rings is 4. The number of aliphatic hydroxyl groups is 1. The SMILES string of the molecule is COc1cc(C2Oc3c(c4c(c5c3CCC(CO)O5)-c3ccc(O)cc3C(Cc3ccc5c(c3)=CCN=5)C4)CC2OCNC2CCCC2)ccc1O. The molecule has 4 atom stereocenters. The Bertz CT molecular complexity index is 2140. The first-order valence-electron chi connectivity index (χ1n) is 18.8. The number of aliphatic hydroxyl groups excluding tert-OH is 1. The van der Waals surface area contributed by atoms with Gasteiger partial charge in [0.1, 0.15) is 29.5 Å². The number of phenolic OH excluding ortho intramolecular Hbond substituents is 2. The number of nitrogens with zero attached hydrogens (tertiary/aromatic N) is 1. The van der Waals surface area contributed by atoms with Crippen molar-refractivity contribution in [2.75, 3.05) is 27.0 Å². The molecule has 52 heavy (non-hydrogen) atoms. The summed E-state index contributed by atoms with van der Waals surface area (Å²) in [5, 5.41) is 37.4. The van der Waals surface area contributed by atoms with Crippen molar-refractivity contribution in [2.45, 2.75) is 88.1 Å². The van der Waals surface area contributed by atoms with Crippen LogP contribution in [-0.4, -0.2) is 60.6 Å². The van der Waals surface area contributed by atoms with E-state index in [9.17, 15) is 15.3 Å². The number of fused-ring (bicyclic) bond motifs is 9. The van der Waals surface area contributed by atoms with E-state index in [-0.39, 0.29) is 36.2 Å². The molecule has 3 heterocycles. The van der Waals surface area contributed by atoms with Crippen LogP contribution in [0.25, 0.3) is 17.2 Å². The highest BCUT2D eigenvalue weighted by molar-refractivity contribution is 5.85. The third kappa shape index (κ3) is 5.98. The first kappa shape index (κ1) is 33.3. The lowest BCUT2D eigenvalue weighted by Gasteiger charge is -2.41. The maximum atomic E-state index is 10.8. The molecule has 0 amide bonds. The molecule has 2 aliphatic carbocycles. The van der Waals surface area contributed by atoms with Crippen LogP contribution in [0.4, 0.5) is 0 Å². The minimum atomic E-state index is -0.457. The maximum Gasteiger partial charge on any atom is 0.160 e. The van der Waals surface area contributed by atoms with Crippen LogP contribution in [0.15, 0.2) is 59.6 Å². The van der Waals surface area contributed by atoms with Gasteiger partial charge < -0.3 is 34.3 Å².